The predicted molar refractivity (Wildman–Crippen MR) is 76.0 cm³/mol. The highest BCUT2D eigenvalue weighted by Crippen LogP contribution is 2.19. The largest absolute Gasteiger partial charge is 0.351 e. The molecular weight excluding hydrogens is 257 g/mol. The van der Waals surface area contributed by atoms with Crippen molar-refractivity contribution < 1.29 is 9.18 Å². The summed E-state index contributed by atoms with van der Waals surface area (Å²) in [6.45, 7) is 0. The maximum absolute atomic E-state index is 13.1. The Labute approximate surface area is 116 Å². The molecule has 0 bridgehead atoms. The molecule has 106 valence electrons. The molecule has 1 aliphatic rings. The van der Waals surface area contributed by atoms with Crippen LogP contribution in [0.3, 0.4) is 0 Å². The Morgan fingerprint density at radius 1 is 1.25 bits per heavy atom. The van der Waals surface area contributed by atoms with Gasteiger partial charge in [-0.2, -0.15) is 0 Å². The number of aromatic amines is 1. The molecule has 0 atom stereocenters. The van der Waals surface area contributed by atoms with Crippen molar-refractivity contribution in [1.29, 1.82) is 0 Å². The second-order valence-electron chi connectivity index (χ2n) is 5.50. The maximum Gasteiger partial charge on any atom is 0.267 e. The number of amides is 1. The van der Waals surface area contributed by atoms with E-state index in [0.717, 1.165) is 31.2 Å². The fourth-order valence-corrected chi connectivity index (χ4v) is 2.75. The van der Waals surface area contributed by atoms with Crippen molar-refractivity contribution in [2.24, 2.45) is 5.73 Å². The quantitative estimate of drug-likeness (QED) is 0.787. The van der Waals surface area contributed by atoms with Gasteiger partial charge in [0, 0.05) is 23.0 Å². The lowest BCUT2D eigenvalue weighted by molar-refractivity contribution is 0.0921. The normalized spacial score (nSPS) is 22.9. The van der Waals surface area contributed by atoms with Crippen LogP contribution in [0.5, 0.6) is 0 Å². The van der Waals surface area contributed by atoms with Gasteiger partial charge in [0.1, 0.15) is 11.5 Å². The van der Waals surface area contributed by atoms with Crippen LogP contribution < -0.4 is 11.1 Å². The number of aromatic nitrogens is 1. The number of nitrogens with two attached hydrogens (primary N) is 1. The minimum Gasteiger partial charge on any atom is -0.351 e. The van der Waals surface area contributed by atoms with Gasteiger partial charge in [-0.15, -0.1) is 0 Å². The van der Waals surface area contributed by atoms with Crippen molar-refractivity contribution in [2.75, 3.05) is 0 Å². The van der Waals surface area contributed by atoms with Crippen LogP contribution in [0.25, 0.3) is 10.9 Å². The smallest absolute Gasteiger partial charge is 0.267 e. The molecule has 1 heterocycles. The van der Waals surface area contributed by atoms with E-state index >= 15 is 0 Å². The van der Waals surface area contributed by atoms with Crippen LogP contribution in [0, 0.1) is 5.82 Å². The molecule has 1 fully saturated rings. The number of fused-ring (bicyclic) bond motifs is 1. The second kappa shape index (κ2) is 5.25. The summed E-state index contributed by atoms with van der Waals surface area (Å²) in [5.41, 5.74) is 7.09. The van der Waals surface area contributed by atoms with Crippen LogP contribution in [0.15, 0.2) is 24.3 Å². The maximum atomic E-state index is 13.1. The minimum absolute atomic E-state index is 0.137. The summed E-state index contributed by atoms with van der Waals surface area (Å²) in [6.07, 6.45) is 3.73. The lowest BCUT2D eigenvalue weighted by Gasteiger charge is -2.26. The molecule has 4 nitrogen and oxygen atoms in total. The fourth-order valence-electron chi connectivity index (χ4n) is 2.75. The molecule has 1 saturated carbocycles. The molecule has 1 aromatic heterocycles. The van der Waals surface area contributed by atoms with Gasteiger partial charge in [-0.1, -0.05) is 0 Å². The van der Waals surface area contributed by atoms with Gasteiger partial charge in [0.15, 0.2) is 0 Å². The molecule has 1 aromatic carbocycles. The first-order chi connectivity index (χ1) is 9.61. The van der Waals surface area contributed by atoms with Crippen molar-refractivity contribution in [3.8, 4) is 0 Å². The Bertz CT molecular complexity index is 629. The lowest BCUT2D eigenvalue weighted by Crippen LogP contribution is -2.40. The highest BCUT2D eigenvalue weighted by atomic mass is 19.1. The number of halogens is 1. The first kappa shape index (κ1) is 13.1. The third-order valence-corrected chi connectivity index (χ3v) is 3.93. The number of hydrogen-bond donors (Lipinski definition) is 3. The average Bonchev–Trinajstić information content (AvgIpc) is 2.84. The van der Waals surface area contributed by atoms with Crippen LogP contribution in [0.1, 0.15) is 36.2 Å². The zero-order chi connectivity index (χ0) is 14.1. The standard InChI is InChI=1S/C15H18FN3O/c16-10-1-6-13-9(7-10)8-14(19-13)15(20)18-12-4-2-11(17)3-5-12/h1,6-8,11-12,19H,2-5,17H2,(H,18,20)/t11-,12-. The van der Waals surface area contributed by atoms with Crippen LogP contribution in [0.2, 0.25) is 0 Å². The van der Waals surface area contributed by atoms with E-state index in [0.29, 0.717) is 11.1 Å². The summed E-state index contributed by atoms with van der Waals surface area (Å²) in [7, 11) is 0. The van der Waals surface area contributed by atoms with Gasteiger partial charge in [-0.25, -0.2) is 4.39 Å². The van der Waals surface area contributed by atoms with Gasteiger partial charge >= 0.3 is 0 Å². The molecule has 20 heavy (non-hydrogen) atoms. The van der Waals surface area contributed by atoms with E-state index in [9.17, 15) is 9.18 Å². The number of hydrogen-bond acceptors (Lipinski definition) is 2. The summed E-state index contributed by atoms with van der Waals surface area (Å²) in [6, 6.07) is 6.57. The Kier molecular flexibility index (Phi) is 3.44. The summed E-state index contributed by atoms with van der Waals surface area (Å²) < 4.78 is 13.1. The monoisotopic (exact) mass is 275 g/mol. The molecule has 0 radical (unpaired) electrons. The molecule has 1 amide bonds. The van der Waals surface area contributed by atoms with Crippen molar-refractivity contribution >= 4 is 16.8 Å². The molecule has 5 heteroatoms. The molecule has 0 saturated heterocycles. The van der Waals surface area contributed by atoms with Crippen LogP contribution in [-0.2, 0) is 0 Å². The number of carbonyl (C=O) groups excluding carboxylic acids is 1. The molecule has 0 aliphatic heterocycles. The van der Waals surface area contributed by atoms with Crippen LogP contribution in [0.4, 0.5) is 4.39 Å². The highest BCUT2D eigenvalue weighted by Gasteiger charge is 2.21. The Morgan fingerprint density at radius 3 is 2.75 bits per heavy atom. The molecule has 2 aromatic rings. The Morgan fingerprint density at radius 2 is 2.00 bits per heavy atom. The molecular formula is C15H18FN3O. The Hall–Kier alpha value is -1.88. The summed E-state index contributed by atoms with van der Waals surface area (Å²) in [5, 5.41) is 3.72. The summed E-state index contributed by atoms with van der Waals surface area (Å²) in [5.74, 6) is -0.438. The number of H-pyrrole nitrogens is 1. The first-order valence-electron chi connectivity index (χ1n) is 6.96. The molecule has 3 rings (SSSR count). The van der Waals surface area contributed by atoms with E-state index in [-0.39, 0.29) is 23.8 Å². The van der Waals surface area contributed by atoms with Gasteiger partial charge in [-0.05, 0) is 49.9 Å². The zero-order valence-corrected chi connectivity index (χ0v) is 11.2. The third-order valence-electron chi connectivity index (χ3n) is 3.93. The topological polar surface area (TPSA) is 70.9 Å². The summed E-state index contributed by atoms with van der Waals surface area (Å²) in [4.78, 5) is 15.2. The minimum atomic E-state index is -0.301. The van der Waals surface area contributed by atoms with E-state index in [1.54, 1.807) is 12.1 Å². The van der Waals surface area contributed by atoms with Crippen LogP contribution >= 0.6 is 0 Å². The van der Waals surface area contributed by atoms with E-state index in [1.807, 2.05) is 0 Å². The zero-order valence-electron chi connectivity index (χ0n) is 11.2. The average molecular weight is 275 g/mol. The third kappa shape index (κ3) is 2.67. The SMILES string of the molecule is N[C@H]1CC[C@H](NC(=O)c2cc3cc(F)ccc3[nH]2)CC1. The number of nitrogens with one attached hydrogen (secondary N) is 2. The van der Waals surface area contributed by atoms with Crippen molar-refractivity contribution in [3.63, 3.8) is 0 Å². The predicted octanol–water partition coefficient (Wildman–Crippen LogP) is 2.31. The molecule has 1 aliphatic carbocycles. The molecule has 0 unspecified atom stereocenters. The highest BCUT2D eigenvalue weighted by molar-refractivity contribution is 5.98. The molecule has 0 spiro atoms. The van der Waals surface area contributed by atoms with Crippen molar-refractivity contribution in [1.82, 2.24) is 10.3 Å². The number of carbonyl (C=O) groups is 1. The van der Waals surface area contributed by atoms with E-state index < -0.39 is 0 Å². The van der Waals surface area contributed by atoms with Gasteiger partial charge in [0.2, 0.25) is 0 Å². The molecule has 4 N–H and O–H groups in total. The van der Waals surface area contributed by atoms with Gasteiger partial charge in [0.05, 0.1) is 0 Å². The van der Waals surface area contributed by atoms with Crippen LogP contribution in [-0.4, -0.2) is 23.0 Å². The summed E-state index contributed by atoms with van der Waals surface area (Å²) >= 11 is 0. The lowest BCUT2D eigenvalue weighted by atomic mass is 9.92. The van der Waals surface area contributed by atoms with Crippen molar-refractivity contribution in [2.45, 2.75) is 37.8 Å². The van der Waals surface area contributed by atoms with Gasteiger partial charge in [-0.3, -0.25) is 4.79 Å². The fraction of sp³-hybridized carbons (Fsp3) is 0.400. The second-order valence-corrected chi connectivity index (χ2v) is 5.50. The Balaban J connectivity index is 1.72. The van der Waals surface area contributed by atoms with E-state index in [4.69, 9.17) is 5.73 Å². The van der Waals surface area contributed by atoms with Crippen molar-refractivity contribution in [3.05, 3.63) is 35.8 Å². The van der Waals surface area contributed by atoms with Gasteiger partial charge < -0.3 is 16.0 Å². The first-order valence-corrected chi connectivity index (χ1v) is 6.96. The van der Waals surface area contributed by atoms with E-state index in [1.165, 1.54) is 12.1 Å². The number of benzene rings is 1. The number of rotatable bonds is 2. The van der Waals surface area contributed by atoms with E-state index in [2.05, 4.69) is 10.3 Å². The van der Waals surface area contributed by atoms with Gasteiger partial charge in [0.25, 0.3) is 5.91 Å².